The number of carbonyl (C=O) groups is 3. The first-order chi connectivity index (χ1) is 16.3. The van der Waals surface area contributed by atoms with E-state index in [1.165, 1.54) is 41.2 Å². The lowest BCUT2D eigenvalue weighted by atomic mass is 10.1. The average Bonchev–Trinajstić information content (AvgIpc) is 3.42. The minimum Gasteiger partial charge on any atom is -0.379 e. The molecule has 0 aliphatic carbocycles. The molecule has 2 aromatic heterocycles. The van der Waals surface area contributed by atoms with Crippen molar-refractivity contribution in [3.8, 4) is 0 Å². The van der Waals surface area contributed by atoms with Gasteiger partial charge in [-0.25, -0.2) is 4.39 Å². The van der Waals surface area contributed by atoms with Crippen LogP contribution in [0.1, 0.15) is 22.5 Å². The third-order valence-corrected chi connectivity index (χ3v) is 6.08. The highest BCUT2D eigenvalue weighted by Crippen LogP contribution is 2.24. The number of hydrogen-bond donors (Lipinski definition) is 2. The number of rotatable bonds is 7. The number of amides is 3. The Morgan fingerprint density at radius 2 is 2.12 bits per heavy atom. The lowest BCUT2D eigenvalue weighted by Crippen LogP contribution is -2.51. The van der Waals surface area contributed by atoms with Gasteiger partial charge < -0.3 is 20.7 Å². The van der Waals surface area contributed by atoms with Crippen LogP contribution in [0.15, 0.2) is 36.7 Å². The maximum Gasteiger partial charge on any atom is 0.269 e. The van der Waals surface area contributed by atoms with Gasteiger partial charge in [-0.15, -0.1) is 0 Å². The molecule has 3 amide bonds. The molecule has 0 spiro atoms. The summed E-state index contributed by atoms with van der Waals surface area (Å²) in [5.41, 5.74) is 6.12. The molecule has 0 bridgehead atoms. The van der Waals surface area contributed by atoms with E-state index in [2.05, 4.69) is 15.4 Å². The summed E-state index contributed by atoms with van der Waals surface area (Å²) in [5, 5.41) is 7.27. The van der Waals surface area contributed by atoms with Crippen LogP contribution in [0.3, 0.4) is 0 Å². The fourth-order valence-electron chi connectivity index (χ4n) is 4.11. The van der Waals surface area contributed by atoms with Gasteiger partial charge in [0.05, 0.1) is 22.8 Å². The van der Waals surface area contributed by atoms with Crippen molar-refractivity contribution in [3.63, 3.8) is 0 Å². The Kier molecular flexibility index (Phi) is 6.75. The number of methoxy groups -OCH3 is 1. The Balaban J connectivity index is 1.53. The maximum absolute atomic E-state index is 14.2. The van der Waals surface area contributed by atoms with Crippen LogP contribution in [0.25, 0.3) is 10.9 Å². The Hall–Kier alpha value is -3.57. The largest absolute Gasteiger partial charge is 0.379 e. The number of fused-ring (bicyclic) bond motifs is 1. The number of aromatic nitrogens is 3. The molecule has 1 saturated heterocycles. The van der Waals surface area contributed by atoms with Crippen molar-refractivity contribution < 1.29 is 23.5 Å². The maximum atomic E-state index is 14.2. The van der Waals surface area contributed by atoms with Crippen molar-refractivity contribution in [1.29, 1.82) is 0 Å². The van der Waals surface area contributed by atoms with Crippen molar-refractivity contribution in [2.75, 3.05) is 13.7 Å². The Labute approximate surface area is 198 Å². The fraction of sp³-hybridized carbons (Fsp3) is 0.318. The molecule has 0 unspecified atom stereocenters. The second-order valence-corrected chi connectivity index (χ2v) is 8.20. The minimum absolute atomic E-state index is 0.0271. The van der Waals surface area contributed by atoms with E-state index in [-0.39, 0.29) is 35.9 Å². The van der Waals surface area contributed by atoms with Gasteiger partial charge in [0, 0.05) is 37.3 Å². The zero-order valence-electron chi connectivity index (χ0n) is 18.2. The third-order valence-electron chi connectivity index (χ3n) is 5.79. The molecule has 3 N–H and O–H groups in total. The molecule has 2 atom stereocenters. The number of nitrogens with zero attached hydrogens (tertiary/aromatic N) is 4. The predicted molar refractivity (Wildman–Crippen MR) is 120 cm³/mol. The third kappa shape index (κ3) is 4.44. The van der Waals surface area contributed by atoms with Gasteiger partial charge in [0.25, 0.3) is 5.91 Å². The Morgan fingerprint density at radius 3 is 2.85 bits per heavy atom. The summed E-state index contributed by atoms with van der Waals surface area (Å²) in [6, 6.07) is 5.18. The van der Waals surface area contributed by atoms with Crippen LogP contribution in [0.4, 0.5) is 4.39 Å². The van der Waals surface area contributed by atoms with E-state index < -0.39 is 35.7 Å². The quantitative estimate of drug-likeness (QED) is 0.514. The van der Waals surface area contributed by atoms with Crippen LogP contribution in [0.5, 0.6) is 0 Å². The lowest BCUT2D eigenvalue weighted by Gasteiger charge is -2.27. The number of ether oxygens (including phenoxy) is 1. The zero-order chi connectivity index (χ0) is 24.4. The number of benzene rings is 1. The van der Waals surface area contributed by atoms with Crippen LogP contribution in [-0.4, -0.2) is 63.2 Å². The summed E-state index contributed by atoms with van der Waals surface area (Å²) < 4.78 is 21.0. The topological polar surface area (TPSA) is 132 Å². The number of halogens is 2. The SMILES string of the molecule is CO[C@@H]1CCN(C(=O)Cn2nc(C(N)=O)c3ccncc32)[C@@H]1C(=O)NCc1cccc(Cl)c1F. The predicted octanol–water partition coefficient (Wildman–Crippen LogP) is 1.26. The van der Waals surface area contributed by atoms with Crippen LogP contribution in [-0.2, 0) is 27.4 Å². The number of carbonyl (C=O) groups excluding carboxylic acids is 3. The van der Waals surface area contributed by atoms with Crippen molar-refractivity contribution >= 4 is 40.2 Å². The van der Waals surface area contributed by atoms with Crippen molar-refractivity contribution in [3.05, 3.63) is 58.8 Å². The molecule has 1 aromatic carbocycles. The van der Waals surface area contributed by atoms with Crippen molar-refractivity contribution in [1.82, 2.24) is 25.0 Å². The molecule has 4 rings (SSSR count). The summed E-state index contributed by atoms with van der Waals surface area (Å²) in [6.45, 7) is -0.0582. The molecule has 3 aromatic rings. The molecule has 3 heterocycles. The van der Waals surface area contributed by atoms with E-state index in [4.69, 9.17) is 22.1 Å². The summed E-state index contributed by atoms with van der Waals surface area (Å²) in [6.07, 6.45) is 2.88. The van der Waals surface area contributed by atoms with Gasteiger partial charge in [-0.1, -0.05) is 23.7 Å². The number of nitrogens with one attached hydrogen (secondary N) is 1. The Bertz CT molecular complexity index is 1270. The van der Waals surface area contributed by atoms with Gasteiger partial charge in [0.15, 0.2) is 5.69 Å². The molecule has 34 heavy (non-hydrogen) atoms. The van der Waals surface area contributed by atoms with Gasteiger partial charge in [-0.3, -0.25) is 24.0 Å². The molecule has 1 fully saturated rings. The fourth-order valence-corrected chi connectivity index (χ4v) is 4.31. The van der Waals surface area contributed by atoms with Gasteiger partial charge in [0.2, 0.25) is 11.8 Å². The molecule has 0 radical (unpaired) electrons. The number of likely N-dealkylation sites (tertiary alicyclic amines) is 1. The molecular formula is C22H22ClFN6O4. The highest BCUT2D eigenvalue weighted by atomic mass is 35.5. The van der Waals surface area contributed by atoms with E-state index in [1.54, 1.807) is 12.1 Å². The van der Waals surface area contributed by atoms with Crippen LogP contribution >= 0.6 is 11.6 Å². The number of pyridine rings is 1. The van der Waals surface area contributed by atoms with Crippen LogP contribution < -0.4 is 11.1 Å². The summed E-state index contributed by atoms with van der Waals surface area (Å²) in [5.74, 6) is -2.23. The van der Waals surface area contributed by atoms with Gasteiger partial charge in [-0.2, -0.15) is 5.10 Å². The summed E-state index contributed by atoms with van der Waals surface area (Å²) >= 11 is 5.80. The molecule has 0 saturated carbocycles. The van der Waals surface area contributed by atoms with E-state index in [1.807, 2.05) is 0 Å². The molecular weight excluding hydrogens is 467 g/mol. The molecule has 1 aliphatic heterocycles. The lowest BCUT2D eigenvalue weighted by molar-refractivity contribution is -0.141. The Morgan fingerprint density at radius 1 is 1.32 bits per heavy atom. The van der Waals surface area contributed by atoms with Gasteiger partial charge in [0.1, 0.15) is 18.4 Å². The smallest absolute Gasteiger partial charge is 0.269 e. The molecule has 12 heteroatoms. The first kappa shape index (κ1) is 23.6. The van der Waals surface area contributed by atoms with Crippen molar-refractivity contribution in [2.24, 2.45) is 5.73 Å². The number of primary amides is 1. The molecule has 1 aliphatic rings. The zero-order valence-corrected chi connectivity index (χ0v) is 19.0. The minimum atomic E-state index is -0.921. The standard InChI is InChI=1S/C22H22ClFN6O4/c1-34-16-6-8-29(20(16)22(33)27-9-12-3-2-4-14(23)18(12)24)17(31)11-30-15-10-26-7-5-13(15)19(28-30)21(25)32/h2-5,7,10,16,20H,6,8-9,11H2,1H3,(H2,25,32)(H,27,33)/t16-,20+/m1/s1. The number of nitrogens with two attached hydrogens (primary N) is 1. The highest BCUT2D eigenvalue weighted by Gasteiger charge is 2.42. The van der Waals surface area contributed by atoms with Crippen molar-refractivity contribution in [2.45, 2.75) is 31.7 Å². The first-order valence-corrected chi connectivity index (χ1v) is 10.8. The van der Waals surface area contributed by atoms with Gasteiger partial charge >= 0.3 is 0 Å². The second kappa shape index (κ2) is 9.74. The number of hydrogen-bond acceptors (Lipinski definition) is 6. The van der Waals surface area contributed by atoms with E-state index in [0.29, 0.717) is 17.3 Å². The highest BCUT2D eigenvalue weighted by molar-refractivity contribution is 6.30. The molecule has 178 valence electrons. The van der Waals surface area contributed by atoms with Gasteiger partial charge in [-0.05, 0) is 18.6 Å². The second-order valence-electron chi connectivity index (χ2n) is 7.79. The monoisotopic (exact) mass is 488 g/mol. The van der Waals surface area contributed by atoms with E-state index in [9.17, 15) is 18.8 Å². The average molecular weight is 489 g/mol. The normalized spacial score (nSPS) is 17.8. The summed E-state index contributed by atoms with van der Waals surface area (Å²) in [7, 11) is 1.46. The van der Waals surface area contributed by atoms with E-state index in [0.717, 1.165) is 0 Å². The van der Waals surface area contributed by atoms with Crippen LogP contribution in [0, 0.1) is 5.82 Å². The van der Waals surface area contributed by atoms with Crippen LogP contribution in [0.2, 0.25) is 5.02 Å². The molecule has 10 nitrogen and oxygen atoms in total. The first-order valence-electron chi connectivity index (χ1n) is 10.4. The van der Waals surface area contributed by atoms with E-state index >= 15 is 0 Å². The summed E-state index contributed by atoms with van der Waals surface area (Å²) in [4.78, 5) is 43.4.